The molecule has 2 nitrogen and oxygen atoms in total. The van der Waals surface area contributed by atoms with Crippen molar-refractivity contribution in [1.82, 2.24) is 4.15 Å². The zero-order valence-corrected chi connectivity index (χ0v) is 21.3. The predicted molar refractivity (Wildman–Crippen MR) is 148 cm³/mol. The second-order valence-corrected chi connectivity index (χ2v) is 14.9. The molecule has 1 aliphatic rings. The number of ether oxygens (including phenoxy) is 1. The monoisotopic (exact) mass is 460 g/mol. The summed E-state index contributed by atoms with van der Waals surface area (Å²) in [6, 6.07) is 35.4. The SMILES string of the molecule is Cc1cc(-c2cc3ccccc3c3ccccc23)c2c(c1)[Si](C)(C)[N+](C)(c1ccccc1)CO2. The molecule has 0 radical (unpaired) electrons. The molecule has 1 aliphatic heterocycles. The lowest BCUT2D eigenvalue weighted by atomic mass is 9.92. The van der Waals surface area contributed by atoms with Crippen LogP contribution in [-0.2, 0) is 0 Å². The average Bonchev–Trinajstić information content (AvgIpc) is 2.86. The van der Waals surface area contributed by atoms with E-state index in [1.807, 2.05) is 0 Å². The van der Waals surface area contributed by atoms with Gasteiger partial charge in [0.15, 0.2) is 0 Å². The molecular weight excluding hydrogens is 430 g/mol. The van der Waals surface area contributed by atoms with Crippen LogP contribution in [0.3, 0.4) is 0 Å². The fourth-order valence-corrected chi connectivity index (χ4v) is 8.69. The van der Waals surface area contributed by atoms with Gasteiger partial charge in [-0.3, -0.25) is 0 Å². The second-order valence-electron chi connectivity index (χ2n) is 10.2. The summed E-state index contributed by atoms with van der Waals surface area (Å²) in [7, 11) is 0.335. The summed E-state index contributed by atoms with van der Waals surface area (Å²) in [5.41, 5.74) is 5.09. The number of hydrogen-bond donors (Lipinski definition) is 0. The van der Waals surface area contributed by atoms with Crippen molar-refractivity contribution in [3.05, 3.63) is 103 Å². The van der Waals surface area contributed by atoms with Crippen molar-refractivity contribution in [1.29, 1.82) is 0 Å². The largest absolute Gasteiger partial charge is 0.446 e. The molecular formula is C31H30NOSi+. The van der Waals surface area contributed by atoms with Crippen LogP contribution in [0.25, 0.3) is 32.7 Å². The zero-order chi connectivity index (χ0) is 23.5. The second kappa shape index (κ2) is 7.56. The van der Waals surface area contributed by atoms with E-state index in [2.05, 4.69) is 124 Å². The Hall–Kier alpha value is -3.40. The first-order valence-corrected chi connectivity index (χ1v) is 14.9. The molecule has 3 heteroatoms. The Morgan fingerprint density at radius 2 is 1.35 bits per heavy atom. The van der Waals surface area contributed by atoms with E-state index in [0.717, 1.165) is 9.90 Å². The lowest BCUT2D eigenvalue weighted by Gasteiger charge is -2.49. The number of hydrogen-bond acceptors (Lipinski definition) is 1. The van der Waals surface area contributed by atoms with Gasteiger partial charge in [-0.1, -0.05) is 78.4 Å². The maximum Gasteiger partial charge on any atom is 0.323 e. The van der Waals surface area contributed by atoms with Crippen LogP contribution in [0.2, 0.25) is 13.1 Å². The van der Waals surface area contributed by atoms with E-state index in [1.165, 1.54) is 49.1 Å². The smallest absolute Gasteiger partial charge is 0.323 e. The molecule has 0 saturated carbocycles. The Morgan fingerprint density at radius 1 is 0.706 bits per heavy atom. The maximum absolute atomic E-state index is 6.74. The highest BCUT2D eigenvalue weighted by molar-refractivity contribution is 6.91. The van der Waals surface area contributed by atoms with Crippen molar-refractivity contribution in [2.24, 2.45) is 0 Å². The summed E-state index contributed by atoms with van der Waals surface area (Å²) in [5, 5.41) is 6.54. The maximum atomic E-state index is 6.74. The summed E-state index contributed by atoms with van der Waals surface area (Å²) in [5.74, 6) is 1.08. The van der Waals surface area contributed by atoms with Crippen LogP contribution < -0.4 is 14.1 Å². The minimum atomic E-state index is -2.01. The molecule has 5 aromatic carbocycles. The minimum absolute atomic E-state index is 0.651. The Labute approximate surface area is 202 Å². The first-order valence-electron chi connectivity index (χ1n) is 12.0. The molecule has 0 N–H and O–H groups in total. The van der Waals surface area contributed by atoms with Crippen LogP contribution in [0.5, 0.6) is 5.75 Å². The van der Waals surface area contributed by atoms with Gasteiger partial charge in [-0.05, 0) is 71.4 Å². The highest BCUT2D eigenvalue weighted by atomic mass is 28.3. The lowest BCUT2D eigenvalue weighted by molar-refractivity contribution is 0.210. The normalized spacial score (nSPS) is 19.1. The van der Waals surface area contributed by atoms with Gasteiger partial charge in [-0.15, -0.1) is 0 Å². The molecule has 0 aliphatic carbocycles. The standard InChI is InChI=1S/C31H30NOSi/c1-22-18-29(28-20-23-12-8-9-15-25(23)26-16-10-11-17-27(26)28)31-30(19-22)34(3,4)32(2,21-33-31)24-13-6-5-7-14-24/h5-20H,21H2,1-4H3/q+1. The first-order chi connectivity index (χ1) is 16.4. The van der Waals surface area contributed by atoms with Crippen LogP contribution in [0.1, 0.15) is 5.56 Å². The van der Waals surface area contributed by atoms with E-state index in [0.29, 0.717) is 6.73 Å². The number of benzene rings is 5. The molecule has 168 valence electrons. The van der Waals surface area contributed by atoms with Gasteiger partial charge < -0.3 is 8.89 Å². The molecule has 0 fully saturated rings. The quantitative estimate of drug-likeness (QED) is 0.197. The molecule has 6 rings (SSSR count). The molecule has 1 heterocycles. The molecule has 0 spiro atoms. The highest BCUT2D eigenvalue weighted by Gasteiger charge is 2.53. The average molecular weight is 461 g/mol. The fraction of sp³-hybridized carbons (Fsp3) is 0.161. The van der Waals surface area contributed by atoms with E-state index in [9.17, 15) is 0 Å². The van der Waals surface area contributed by atoms with E-state index >= 15 is 0 Å². The van der Waals surface area contributed by atoms with Gasteiger partial charge in [-0.2, -0.15) is 0 Å². The van der Waals surface area contributed by atoms with Gasteiger partial charge >= 0.3 is 8.24 Å². The van der Waals surface area contributed by atoms with Crippen LogP contribution in [0, 0.1) is 6.92 Å². The van der Waals surface area contributed by atoms with Gasteiger partial charge in [0.25, 0.3) is 0 Å². The van der Waals surface area contributed by atoms with Gasteiger partial charge in [0.1, 0.15) is 11.4 Å². The third kappa shape index (κ3) is 2.97. The van der Waals surface area contributed by atoms with Crippen molar-refractivity contribution in [3.8, 4) is 16.9 Å². The summed E-state index contributed by atoms with van der Waals surface area (Å²) >= 11 is 0. The number of fused-ring (bicyclic) bond motifs is 4. The Bertz CT molecular complexity index is 1560. The molecule has 0 amide bonds. The molecule has 0 saturated heterocycles. The van der Waals surface area contributed by atoms with Gasteiger partial charge in [0.2, 0.25) is 6.73 Å². The predicted octanol–water partition coefficient (Wildman–Crippen LogP) is 7.37. The third-order valence-corrected chi connectivity index (χ3v) is 12.5. The highest BCUT2D eigenvalue weighted by Crippen LogP contribution is 2.43. The minimum Gasteiger partial charge on any atom is -0.446 e. The Balaban J connectivity index is 1.63. The van der Waals surface area contributed by atoms with Crippen LogP contribution in [0.15, 0.2) is 97.1 Å². The van der Waals surface area contributed by atoms with Gasteiger partial charge in [0, 0.05) is 10.8 Å². The molecule has 1 atom stereocenters. The number of rotatable bonds is 2. The van der Waals surface area contributed by atoms with Crippen molar-refractivity contribution < 1.29 is 4.74 Å². The topological polar surface area (TPSA) is 9.23 Å². The zero-order valence-electron chi connectivity index (χ0n) is 20.3. The summed E-state index contributed by atoms with van der Waals surface area (Å²) in [6.45, 7) is 7.85. The van der Waals surface area contributed by atoms with Crippen LogP contribution >= 0.6 is 0 Å². The van der Waals surface area contributed by atoms with Crippen molar-refractivity contribution in [2.45, 2.75) is 20.0 Å². The van der Waals surface area contributed by atoms with Crippen LogP contribution in [0.4, 0.5) is 5.69 Å². The fourth-order valence-electron chi connectivity index (χ4n) is 5.64. The van der Waals surface area contributed by atoms with Crippen molar-refractivity contribution in [3.63, 3.8) is 0 Å². The van der Waals surface area contributed by atoms with Gasteiger partial charge in [-0.25, -0.2) is 0 Å². The molecule has 1 unspecified atom stereocenters. The number of aryl methyl sites for hydroxylation is 1. The number of nitrogens with zero attached hydrogens (tertiary/aromatic N) is 1. The van der Waals surface area contributed by atoms with E-state index < -0.39 is 8.24 Å². The summed E-state index contributed by atoms with van der Waals surface area (Å²) in [4.78, 5) is 0. The molecule has 34 heavy (non-hydrogen) atoms. The van der Waals surface area contributed by atoms with E-state index in [1.54, 1.807) is 0 Å². The summed E-state index contributed by atoms with van der Waals surface area (Å²) in [6.07, 6.45) is 0. The Morgan fingerprint density at radius 3 is 2.12 bits per heavy atom. The van der Waals surface area contributed by atoms with Crippen molar-refractivity contribution in [2.75, 3.05) is 13.8 Å². The van der Waals surface area contributed by atoms with Crippen LogP contribution in [-0.4, -0.2) is 22.0 Å². The molecule has 0 bridgehead atoms. The third-order valence-electron chi connectivity index (χ3n) is 7.98. The number of para-hydroxylation sites is 1. The molecule has 0 aromatic heterocycles. The van der Waals surface area contributed by atoms with Gasteiger partial charge in [0.05, 0.1) is 7.05 Å². The van der Waals surface area contributed by atoms with Crippen molar-refractivity contribution >= 4 is 40.7 Å². The lowest BCUT2D eigenvalue weighted by Crippen LogP contribution is -2.74. The van der Waals surface area contributed by atoms with E-state index in [4.69, 9.17) is 4.74 Å². The molecule has 5 aromatic rings. The Kier molecular flexibility index (Phi) is 4.70. The van der Waals surface area contributed by atoms with E-state index in [-0.39, 0.29) is 0 Å². The summed E-state index contributed by atoms with van der Waals surface area (Å²) < 4.78 is 7.57. The number of quaternary nitrogens is 1. The first kappa shape index (κ1) is 21.2.